The summed E-state index contributed by atoms with van der Waals surface area (Å²) < 4.78 is 5.35. The maximum Gasteiger partial charge on any atom is 0.119 e. The Morgan fingerprint density at radius 2 is 1.76 bits per heavy atom. The van der Waals surface area contributed by atoms with Crippen LogP contribution in [0.1, 0.15) is 37.8 Å². The highest BCUT2D eigenvalue weighted by atomic mass is 16.5. The maximum atomic E-state index is 5.35. The van der Waals surface area contributed by atoms with Gasteiger partial charge in [-0.2, -0.15) is 0 Å². The molecule has 0 radical (unpaired) electrons. The van der Waals surface area contributed by atoms with Crippen LogP contribution >= 0.6 is 0 Å². The molecule has 0 atom stereocenters. The normalized spacial score (nSPS) is 10.9. The molecule has 0 amide bonds. The Hall–Kier alpha value is -1.80. The van der Waals surface area contributed by atoms with Crippen molar-refractivity contribution in [3.63, 3.8) is 0 Å². The fourth-order valence-electron chi connectivity index (χ4n) is 2.43. The number of nitrogens with one attached hydrogen (secondary N) is 1. The van der Waals surface area contributed by atoms with Crippen LogP contribution in [0, 0.1) is 0 Å². The van der Waals surface area contributed by atoms with Crippen LogP contribution in [0.4, 0.5) is 0 Å². The van der Waals surface area contributed by atoms with Crippen LogP contribution in [-0.4, -0.2) is 13.7 Å². The van der Waals surface area contributed by atoms with Gasteiger partial charge in [0.25, 0.3) is 0 Å². The van der Waals surface area contributed by atoms with Gasteiger partial charge in [-0.1, -0.05) is 51.1 Å². The first-order valence-electron chi connectivity index (χ1n) is 7.63. The minimum atomic E-state index is 0.566. The van der Waals surface area contributed by atoms with Crippen molar-refractivity contribution in [2.45, 2.75) is 33.2 Å². The molecule has 2 heteroatoms. The predicted molar refractivity (Wildman–Crippen MR) is 89.9 cm³/mol. The van der Waals surface area contributed by atoms with Crippen LogP contribution in [0.2, 0.25) is 0 Å². The van der Waals surface area contributed by atoms with Crippen molar-refractivity contribution < 1.29 is 4.74 Å². The Morgan fingerprint density at radius 3 is 2.33 bits per heavy atom. The molecule has 0 bridgehead atoms. The second kappa shape index (κ2) is 7.28. The molecular weight excluding hydrogens is 258 g/mol. The lowest BCUT2D eigenvalue weighted by atomic mass is 9.96. The van der Waals surface area contributed by atoms with Crippen LogP contribution in [0.3, 0.4) is 0 Å². The Morgan fingerprint density at radius 1 is 1.05 bits per heavy atom. The number of methoxy groups -OCH3 is 1. The number of ether oxygens (including phenoxy) is 1. The average molecular weight is 283 g/mol. The minimum absolute atomic E-state index is 0.566. The molecule has 112 valence electrons. The zero-order valence-corrected chi connectivity index (χ0v) is 13.4. The summed E-state index contributed by atoms with van der Waals surface area (Å²) in [6, 6.07) is 15.2. The van der Waals surface area contributed by atoms with Crippen LogP contribution in [0.15, 0.2) is 42.5 Å². The number of benzene rings is 2. The van der Waals surface area contributed by atoms with E-state index in [4.69, 9.17) is 4.74 Å². The van der Waals surface area contributed by atoms with E-state index in [0.29, 0.717) is 5.92 Å². The molecule has 0 aliphatic rings. The highest BCUT2D eigenvalue weighted by Gasteiger charge is 2.07. The minimum Gasteiger partial charge on any atom is -0.497 e. The van der Waals surface area contributed by atoms with Gasteiger partial charge in [-0.15, -0.1) is 0 Å². The number of hydrogen-bond donors (Lipinski definition) is 1. The van der Waals surface area contributed by atoms with Crippen molar-refractivity contribution in [1.82, 2.24) is 5.32 Å². The summed E-state index contributed by atoms with van der Waals surface area (Å²) >= 11 is 0. The highest BCUT2D eigenvalue weighted by Crippen LogP contribution is 2.28. The number of hydrogen-bond acceptors (Lipinski definition) is 2. The molecule has 1 N–H and O–H groups in total. The van der Waals surface area contributed by atoms with Gasteiger partial charge in [-0.3, -0.25) is 0 Å². The van der Waals surface area contributed by atoms with Crippen molar-refractivity contribution in [2.24, 2.45) is 0 Å². The molecule has 0 unspecified atom stereocenters. The largest absolute Gasteiger partial charge is 0.497 e. The molecule has 0 fully saturated rings. The summed E-state index contributed by atoms with van der Waals surface area (Å²) in [5, 5.41) is 3.40. The standard InChI is InChI=1S/C19H25NO/c1-5-20-13-17-12-18(21-4)10-11-19(17)16-8-6-15(7-9-16)14(2)3/h6-12,14,20H,5,13H2,1-4H3. The zero-order valence-electron chi connectivity index (χ0n) is 13.4. The SMILES string of the molecule is CCNCc1cc(OC)ccc1-c1ccc(C(C)C)cc1. The Kier molecular flexibility index (Phi) is 5.40. The molecule has 0 saturated heterocycles. The summed E-state index contributed by atoms with van der Waals surface area (Å²) in [5.41, 5.74) is 5.18. The van der Waals surface area contributed by atoms with E-state index in [1.54, 1.807) is 7.11 Å². The molecule has 21 heavy (non-hydrogen) atoms. The van der Waals surface area contributed by atoms with E-state index >= 15 is 0 Å². The quantitative estimate of drug-likeness (QED) is 0.837. The zero-order chi connectivity index (χ0) is 15.2. The van der Waals surface area contributed by atoms with Gasteiger partial charge in [0.05, 0.1) is 7.11 Å². The predicted octanol–water partition coefficient (Wildman–Crippen LogP) is 4.60. The molecule has 2 aromatic rings. The Labute approximate surface area is 128 Å². The van der Waals surface area contributed by atoms with Gasteiger partial charge in [-0.05, 0) is 46.8 Å². The van der Waals surface area contributed by atoms with E-state index in [0.717, 1.165) is 18.8 Å². The molecule has 0 saturated carbocycles. The van der Waals surface area contributed by atoms with Gasteiger partial charge in [-0.25, -0.2) is 0 Å². The summed E-state index contributed by atoms with van der Waals surface area (Å²) in [4.78, 5) is 0. The van der Waals surface area contributed by atoms with E-state index in [1.807, 2.05) is 6.07 Å². The van der Waals surface area contributed by atoms with Gasteiger partial charge < -0.3 is 10.1 Å². The third-order valence-electron chi connectivity index (χ3n) is 3.77. The first-order valence-corrected chi connectivity index (χ1v) is 7.63. The second-order valence-corrected chi connectivity index (χ2v) is 5.58. The molecule has 2 rings (SSSR count). The molecular formula is C19H25NO. The van der Waals surface area contributed by atoms with Crippen molar-refractivity contribution in [1.29, 1.82) is 0 Å². The van der Waals surface area contributed by atoms with E-state index in [9.17, 15) is 0 Å². The highest BCUT2D eigenvalue weighted by molar-refractivity contribution is 5.68. The van der Waals surface area contributed by atoms with Gasteiger partial charge in [0.2, 0.25) is 0 Å². The van der Waals surface area contributed by atoms with Crippen molar-refractivity contribution in [2.75, 3.05) is 13.7 Å². The molecule has 0 aliphatic heterocycles. The fourth-order valence-corrected chi connectivity index (χ4v) is 2.43. The van der Waals surface area contributed by atoms with E-state index in [-0.39, 0.29) is 0 Å². The lowest BCUT2D eigenvalue weighted by Gasteiger charge is -2.13. The summed E-state index contributed by atoms with van der Waals surface area (Å²) in [6.45, 7) is 8.38. The lowest BCUT2D eigenvalue weighted by molar-refractivity contribution is 0.414. The smallest absolute Gasteiger partial charge is 0.119 e. The van der Waals surface area contributed by atoms with Crippen LogP contribution in [0.5, 0.6) is 5.75 Å². The average Bonchev–Trinajstić information content (AvgIpc) is 2.52. The van der Waals surface area contributed by atoms with E-state index in [1.165, 1.54) is 22.3 Å². The van der Waals surface area contributed by atoms with Crippen LogP contribution < -0.4 is 10.1 Å². The molecule has 2 aromatic carbocycles. The van der Waals surface area contributed by atoms with Gasteiger partial charge >= 0.3 is 0 Å². The third-order valence-corrected chi connectivity index (χ3v) is 3.77. The number of rotatable bonds is 6. The van der Waals surface area contributed by atoms with Crippen molar-refractivity contribution in [3.05, 3.63) is 53.6 Å². The Balaban J connectivity index is 2.36. The maximum absolute atomic E-state index is 5.35. The third kappa shape index (κ3) is 3.85. The molecule has 0 aliphatic carbocycles. The Bertz CT molecular complexity index is 573. The lowest BCUT2D eigenvalue weighted by Crippen LogP contribution is -2.12. The van der Waals surface area contributed by atoms with E-state index in [2.05, 4.69) is 62.5 Å². The van der Waals surface area contributed by atoms with Gasteiger partial charge in [0.1, 0.15) is 5.75 Å². The first-order chi connectivity index (χ1) is 10.2. The van der Waals surface area contributed by atoms with Crippen LogP contribution in [0.25, 0.3) is 11.1 Å². The van der Waals surface area contributed by atoms with Crippen LogP contribution in [-0.2, 0) is 6.54 Å². The summed E-state index contributed by atoms with van der Waals surface area (Å²) in [6.07, 6.45) is 0. The van der Waals surface area contributed by atoms with E-state index < -0.39 is 0 Å². The summed E-state index contributed by atoms with van der Waals surface area (Å²) in [7, 11) is 1.71. The topological polar surface area (TPSA) is 21.3 Å². The first kappa shape index (κ1) is 15.6. The molecule has 0 heterocycles. The second-order valence-electron chi connectivity index (χ2n) is 5.58. The fraction of sp³-hybridized carbons (Fsp3) is 0.368. The molecule has 0 spiro atoms. The van der Waals surface area contributed by atoms with Crippen molar-refractivity contribution in [3.8, 4) is 16.9 Å². The molecule has 2 nitrogen and oxygen atoms in total. The van der Waals surface area contributed by atoms with Gasteiger partial charge in [0.15, 0.2) is 0 Å². The van der Waals surface area contributed by atoms with Gasteiger partial charge in [0, 0.05) is 6.54 Å². The monoisotopic (exact) mass is 283 g/mol. The molecule has 0 aromatic heterocycles. The summed E-state index contributed by atoms with van der Waals surface area (Å²) in [5.74, 6) is 1.47. The van der Waals surface area contributed by atoms with Crippen molar-refractivity contribution >= 4 is 0 Å².